The monoisotopic (exact) mass is 275 g/mol. The van der Waals surface area contributed by atoms with Crippen LogP contribution < -0.4 is 5.32 Å². The molecule has 1 nitrogen and oxygen atoms in total. The zero-order chi connectivity index (χ0) is 14.4. The zero-order valence-electron chi connectivity index (χ0n) is 11.6. The Morgan fingerprint density at radius 3 is 2.30 bits per heavy atom. The first-order valence-electron chi connectivity index (χ1n) is 6.81. The van der Waals surface area contributed by atoms with Crippen LogP contribution in [0.3, 0.4) is 0 Å². The van der Waals surface area contributed by atoms with Crippen molar-refractivity contribution in [1.82, 2.24) is 5.32 Å². The van der Waals surface area contributed by atoms with Gasteiger partial charge in [0, 0.05) is 0 Å². The molecule has 20 heavy (non-hydrogen) atoms. The first-order chi connectivity index (χ1) is 9.69. The molecule has 3 heteroatoms. The van der Waals surface area contributed by atoms with Gasteiger partial charge in [0.25, 0.3) is 0 Å². The van der Waals surface area contributed by atoms with Crippen LogP contribution >= 0.6 is 0 Å². The predicted octanol–water partition coefficient (Wildman–Crippen LogP) is 3.59. The van der Waals surface area contributed by atoms with E-state index in [1.165, 1.54) is 18.2 Å². The lowest BCUT2D eigenvalue weighted by atomic mass is 9.92. The van der Waals surface area contributed by atoms with Crippen LogP contribution in [0.4, 0.5) is 8.78 Å². The Labute approximate surface area is 118 Å². The van der Waals surface area contributed by atoms with Crippen molar-refractivity contribution in [1.29, 1.82) is 0 Å². The molecule has 0 fully saturated rings. The first-order valence-corrected chi connectivity index (χ1v) is 6.81. The summed E-state index contributed by atoms with van der Waals surface area (Å²) in [6.07, 6.45) is 1.47. The van der Waals surface area contributed by atoms with Gasteiger partial charge < -0.3 is 5.32 Å². The van der Waals surface area contributed by atoms with Crippen LogP contribution in [0.15, 0.2) is 48.5 Å². The van der Waals surface area contributed by atoms with Gasteiger partial charge in [0.1, 0.15) is 11.6 Å². The Balaban J connectivity index is 2.07. The van der Waals surface area contributed by atoms with Crippen molar-refractivity contribution >= 4 is 0 Å². The standard InChI is InChI=1S/C17H19F2N/c1-20-12-14(10-13-6-8-16(18)9-7-13)11-15-4-2-3-5-17(15)19/h2-9,14,20H,10-12H2,1H3. The van der Waals surface area contributed by atoms with Crippen molar-refractivity contribution in [3.05, 3.63) is 71.3 Å². The van der Waals surface area contributed by atoms with E-state index in [0.717, 1.165) is 24.1 Å². The van der Waals surface area contributed by atoms with E-state index in [-0.39, 0.29) is 17.6 Å². The average molecular weight is 275 g/mol. The molecule has 106 valence electrons. The topological polar surface area (TPSA) is 12.0 Å². The highest BCUT2D eigenvalue weighted by molar-refractivity contribution is 5.20. The van der Waals surface area contributed by atoms with Crippen LogP contribution in [-0.2, 0) is 12.8 Å². The van der Waals surface area contributed by atoms with E-state index < -0.39 is 0 Å². The molecule has 1 unspecified atom stereocenters. The van der Waals surface area contributed by atoms with E-state index in [4.69, 9.17) is 0 Å². The molecular weight excluding hydrogens is 256 g/mol. The molecule has 1 N–H and O–H groups in total. The third-order valence-corrected chi connectivity index (χ3v) is 3.40. The zero-order valence-corrected chi connectivity index (χ0v) is 11.6. The molecular formula is C17H19F2N. The SMILES string of the molecule is CNCC(Cc1ccc(F)cc1)Cc1ccccc1F. The van der Waals surface area contributed by atoms with Crippen molar-refractivity contribution in [2.45, 2.75) is 12.8 Å². The molecule has 0 amide bonds. The van der Waals surface area contributed by atoms with Gasteiger partial charge in [-0.3, -0.25) is 0 Å². The van der Waals surface area contributed by atoms with Crippen LogP contribution in [0.25, 0.3) is 0 Å². The van der Waals surface area contributed by atoms with Gasteiger partial charge in [-0.2, -0.15) is 0 Å². The predicted molar refractivity (Wildman–Crippen MR) is 77.6 cm³/mol. The van der Waals surface area contributed by atoms with Gasteiger partial charge in [-0.25, -0.2) is 8.78 Å². The van der Waals surface area contributed by atoms with Gasteiger partial charge in [-0.05, 0) is 61.7 Å². The molecule has 0 saturated heterocycles. The van der Waals surface area contributed by atoms with E-state index in [0.29, 0.717) is 6.42 Å². The molecule has 2 aromatic carbocycles. The summed E-state index contributed by atoms with van der Waals surface area (Å²) in [5.41, 5.74) is 1.80. The molecule has 0 aliphatic rings. The average Bonchev–Trinajstić information content (AvgIpc) is 2.44. The van der Waals surface area contributed by atoms with Gasteiger partial charge in [0.15, 0.2) is 0 Å². The molecule has 0 aromatic heterocycles. The highest BCUT2D eigenvalue weighted by Gasteiger charge is 2.12. The molecule has 0 aliphatic carbocycles. The molecule has 0 radical (unpaired) electrons. The molecule has 1 atom stereocenters. The number of benzene rings is 2. The molecule has 0 saturated carbocycles. The number of nitrogens with one attached hydrogen (secondary N) is 1. The smallest absolute Gasteiger partial charge is 0.126 e. The van der Waals surface area contributed by atoms with Crippen LogP contribution in [0, 0.1) is 17.6 Å². The van der Waals surface area contributed by atoms with Crippen LogP contribution in [0.2, 0.25) is 0 Å². The van der Waals surface area contributed by atoms with Crippen LogP contribution in [0.5, 0.6) is 0 Å². The maximum absolute atomic E-state index is 13.7. The summed E-state index contributed by atoms with van der Waals surface area (Å²) >= 11 is 0. The molecule has 0 heterocycles. The van der Waals surface area contributed by atoms with E-state index in [1.807, 2.05) is 19.2 Å². The number of hydrogen-bond acceptors (Lipinski definition) is 1. The second-order valence-electron chi connectivity index (χ2n) is 5.05. The summed E-state index contributed by atoms with van der Waals surface area (Å²) in [5, 5.41) is 3.14. The van der Waals surface area contributed by atoms with Crippen molar-refractivity contribution in [2.24, 2.45) is 5.92 Å². The number of halogens is 2. The summed E-state index contributed by atoms with van der Waals surface area (Å²) < 4.78 is 26.6. The lowest BCUT2D eigenvalue weighted by molar-refractivity contribution is 0.479. The van der Waals surface area contributed by atoms with Gasteiger partial charge in [0.05, 0.1) is 0 Å². The fourth-order valence-corrected chi connectivity index (χ4v) is 2.43. The van der Waals surface area contributed by atoms with Crippen LogP contribution in [0.1, 0.15) is 11.1 Å². The Bertz CT molecular complexity index is 537. The fourth-order valence-electron chi connectivity index (χ4n) is 2.43. The Kier molecular flexibility index (Phi) is 5.24. The van der Waals surface area contributed by atoms with E-state index >= 15 is 0 Å². The normalized spacial score (nSPS) is 12.3. The van der Waals surface area contributed by atoms with Gasteiger partial charge in [-0.15, -0.1) is 0 Å². The summed E-state index contributed by atoms with van der Waals surface area (Å²) in [6, 6.07) is 13.4. The summed E-state index contributed by atoms with van der Waals surface area (Å²) in [4.78, 5) is 0. The van der Waals surface area contributed by atoms with Crippen molar-refractivity contribution in [3.63, 3.8) is 0 Å². The Hall–Kier alpha value is -1.74. The Morgan fingerprint density at radius 1 is 0.950 bits per heavy atom. The number of hydrogen-bond donors (Lipinski definition) is 1. The quantitative estimate of drug-likeness (QED) is 0.849. The minimum absolute atomic E-state index is 0.160. The molecule has 0 aliphatic heterocycles. The first kappa shape index (κ1) is 14.7. The summed E-state index contributed by atoms with van der Waals surface area (Å²) in [7, 11) is 1.89. The molecule has 2 aromatic rings. The lowest BCUT2D eigenvalue weighted by Gasteiger charge is -2.17. The fraction of sp³-hybridized carbons (Fsp3) is 0.294. The maximum atomic E-state index is 13.7. The molecule has 2 rings (SSSR count). The number of rotatable bonds is 6. The van der Waals surface area contributed by atoms with Gasteiger partial charge in [0.2, 0.25) is 0 Å². The highest BCUT2D eigenvalue weighted by atomic mass is 19.1. The van der Waals surface area contributed by atoms with Gasteiger partial charge in [-0.1, -0.05) is 30.3 Å². The minimum Gasteiger partial charge on any atom is -0.319 e. The second kappa shape index (κ2) is 7.15. The van der Waals surface area contributed by atoms with Gasteiger partial charge >= 0.3 is 0 Å². The minimum atomic E-state index is -0.229. The van der Waals surface area contributed by atoms with E-state index in [1.54, 1.807) is 18.2 Å². The van der Waals surface area contributed by atoms with Crippen molar-refractivity contribution in [2.75, 3.05) is 13.6 Å². The summed E-state index contributed by atoms with van der Waals surface area (Å²) in [5.74, 6) is -0.108. The van der Waals surface area contributed by atoms with Crippen molar-refractivity contribution in [3.8, 4) is 0 Å². The molecule has 0 spiro atoms. The van der Waals surface area contributed by atoms with E-state index in [2.05, 4.69) is 5.32 Å². The third kappa shape index (κ3) is 4.14. The third-order valence-electron chi connectivity index (χ3n) is 3.40. The highest BCUT2D eigenvalue weighted by Crippen LogP contribution is 2.17. The largest absolute Gasteiger partial charge is 0.319 e. The van der Waals surface area contributed by atoms with Crippen LogP contribution in [-0.4, -0.2) is 13.6 Å². The lowest BCUT2D eigenvalue weighted by Crippen LogP contribution is -2.23. The summed E-state index contributed by atoms with van der Waals surface area (Å²) in [6.45, 7) is 0.797. The van der Waals surface area contributed by atoms with Crippen molar-refractivity contribution < 1.29 is 8.78 Å². The second-order valence-corrected chi connectivity index (χ2v) is 5.05. The Morgan fingerprint density at radius 2 is 1.65 bits per heavy atom. The molecule has 0 bridgehead atoms. The maximum Gasteiger partial charge on any atom is 0.126 e. The van der Waals surface area contributed by atoms with E-state index in [9.17, 15) is 8.78 Å².